The normalized spacial score (nSPS) is 19.8. The molecule has 1 saturated heterocycles. The monoisotopic (exact) mass is 252 g/mol. The maximum atomic E-state index is 11.7. The van der Waals surface area contributed by atoms with Crippen LogP contribution in [0.4, 0.5) is 0 Å². The number of carboxylic acids is 1. The summed E-state index contributed by atoms with van der Waals surface area (Å²) in [5.41, 5.74) is 0. The quantitative estimate of drug-likeness (QED) is 0.832. The number of hydrogen-bond donors (Lipinski definition) is 1. The standard InChI is InChI=1S/C11H16N4O3/c1-7(2)15-9(12-6-13-15)5-14-4-8(11(17)18)3-10(14)16/h6-8H,3-5H2,1-2H3,(H,17,18). The van der Waals surface area contributed by atoms with Gasteiger partial charge in [0.2, 0.25) is 5.91 Å². The van der Waals surface area contributed by atoms with Gasteiger partial charge in [0.05, 0.1) is 12.5 Å². The van der Waals surface area contributed by atoms with Gasteiger partial charge < -0.3 is 10.0 Å². The van der Waals surface area contributed by atoms with E-state index in [-0.39, 0.29) is 24.9 Å². The summed E-state index contributed by atoms with van der Waals surface area (Å²) in [4.78, 5) is 28.2. The SMILES string of the molecule is CC(C)n1ncnc1CN1CC(C(=O)O)CC1=O. The lowest BCUT2D eigenvalue weighted by molar-refractivity contribution is -0.141. The van der Waals surface area contributed by atoms with E-state index >= 15 is 0 Å². The maximum absolute atomic E-state index is 11.7. The summed E-state index contributed by atoms with van der Waals surface area (Å²) in [6.45, 7) is 4.52. The lowest BCUT2D eigenvalue weighted by atomic mass is 10.1. The number of nitrogens with zero attached hydrogens (tertiary/aromatic N) is 4. The summed E-state index contributed by atoms with van der Waals surface area (Å²) in [6, 6.07) is 0.162. The highest BCUT2D eigenvalue weighted by atomic mass is 16.4. The second kappa shape index (κ2) is 4.75. The Morgan fingerprint density at radius 2 is 2.33 bits per heavy atom. The third kappa shape index (κ3) is 2.34. The molecule has 2 rings (SSSR count). The van der Waals surface area contributed by atoms with Crippen molar-refractivity contribution in [1.29, 1.82) is 0 Å². The van der Waals surface area contributed by atoms with Crippen LogP contribution < -0.4 is 0 Å². The van der Waals surface area contributed by atoms with Gasteiger partial charge in [0, 0.05) is 19.0 Å². The van der Waals surface area contributed by atoms with Crippen molar-refractivity contribution in [3.05, 3.63) is 12.2 Å². The van der Waals surface area contributed by atoms with Crippen molar-refractivity contribution in [2.45, 2.75) is 32.9 Å². The minimum absolute atomic E-state index is 0.0746. The fraction of sp³-hybridized carbons (Fsp3) is 0.636. The van der Waals surface area contributed by atoms with Crippen molar-refractivity contribution < 1.29 is 14.7 Å². The summed E-state index contributed by atoms with van der Waals surface area (Å²) in [6.07, 6.45) is 1.52. The Bertz CT molecular complexity index is 469. The second-order valence-electron chi connectivity index (χ2n) is 4.73. The Morgan fingerprint density at radius 3 is 2.89 bits per heavy atom. The van der Waals surface area contributed by atoms with Crippen LogP contribution in [0, 0.1) is 5.92 Å². The zero-order valence-corrected chi connectivity index (χ0v) is 10.4. The lowest BCUT2D eigenvalue weighted by Gasteiger charge is -2.17. The first-order valence-corrected chi connectivity index (χ1v) is 5.88. The molecule has 7 heteroatoms. The van der Waals surface area contributed by atoms with Gasteiger partial charge in [-0.15, -0.1) is 0 Å². The third-order valence-corrected chi connectivity index (χ3v) is 3.03. The number of carboxylic acid groups (broad SMARTS) is 1. The van der Waals surface area contributed by atoms with Gasteiger partial charge >= 0.3 is 5.97 Å². The van der Waals surface area contributed by atoms with Crippen LogP contribution in [0.1, 0.15) is 32.1 Å². The molecule has 0 saturated carbocycles. The van der Waals surface area contributed by atoms with Gasteiger partial charge in [0.1, 0.15) is 12.2 Å². The second-order valence-corrected chi connectivity index (χ2v) is 4.73. The van der Waals surface area contributed by atoms with Gasteiger partial charge in [0.15, 0.2) is 0 Å². The molecule has 1 amide bonds. The van der Waals surface area contributed by atoms with Crippen LogP contribution in [0.2, 0.25) is 0 Å². The molecule has 1 fully saturated rings. The van der Waals surface area contributed by atoms with Crippen LogP contribution in [0.3, 0.4) is 0 Å². The Balaban J connectivity index is 2.08. The fourth-order valence-corrected chi connectivity index (χ4v) is 2.08. The summed E-state index contributed by atoms with van der Waals surface area (Å²) in [5.74, 6) is -0.978. The summed E-state index contributed by atoms with van der Waals surface area (Å²) in [5, 5.41) is 13.0. The topological polar surface area (TPSA) is 88.3 Å². The maximum Gasteiger partial charge on any atom is 0.308 e. The molecule has 0 radical (unpaired) electrons. The van der Waals surface area contributed by atoms with Crippen molar-refractivity contribution in [3.63, 3.8) is 0 Å². The van der Waals surface area contributed by atoms with Crippen molar-refractivity contribution in [3.8, 4) is 0 Å². The zero-order valence-electron chi connectivity index (χ0n) is 10.4. The number of aliphatic carboxylic acids is 1. The highest BCUT2D eigenvalue weighted by Gasteiger charge is 2.34. The summed E-state index contributed by atoms with van der Waals surface area (Å²) >= 11 is 0. The molecular weight excluding hydrogens is 236 g/mol. The van der Waals surface area contributed by atoms with E-state index in [0.717, 1.165) is 0 Å². The van der Waals surface area contributed by atoms with Crippen LogP contribution in [0.25, 0.3) is 0 Å². The zero-order chi connectivity index (χ0) is 13.3. The number of carbonyl (C=O) groups is 2. The van der Waals surface area contributed by atoms with E-state index < -0.39 is 11.9 Å². The highest BCUT2D eigenvalue weighted by molar-refractivity contribution is 5.85. The molecule has 2 heterocycles. The molecule has 0 spiro atoms. The summed E-state index contributed by atoms with van der Waals surface area (Å²) < 4.78 is 1.74. The van der Waals surface area contributed by atoms with Crippen LogP contribution >= 0.6 is 0 Å². The molecule has 1 unspecified atom stereocenters. The van der Waals surface area contributed by atoms with Gasteiger partial charge in [-0.2, -0.15) is 5.10 Å². The number of likely N-dealkylation sites (tertiary alicyclic amines) is 1. The molecule has 1 aromatic heterocycles. The van der Waals surface area contributed by atoms with Crippen LogP contribution in [-0.2, 0) is 16.1 Å². The van der Waals surface area contributed by atoms with Crippen LogP contribution in [-0.4, -0.2) is 43.2 Å². The Hall–Kier alpha value is -1.92. The molecule has 1 aliphatic rings. The van der Waals surface area contributed by atoms with Gasteiger partial charge in [-0.25, -0.2) is 9.67 Å². The molecule has 18 heavy (non-hydrogen) atoms. The van der Waals surface area contributed by atoms with E-state index in [9.17, 15) is 9.59 Å². The average Bonchev–Trinajstić information content (AvgIpc) is 2.87. The largest absolute Gasteiger partial charge is 0.481 e. The molecule has 98 valence electrons. The van der Waals surface area contributed by atoms with Crippen molar-refractivity contribution >= 4 is 11.9 Å². The molecule has 7 nitrogen and oxygen atoms in total. The fourth-order valence-electron chi connectivity index (χ4n) is 2.08. The molecule has 0 aromatic carbocycles. The number of hydrogen-bond acceptors (Lipinski definition) is 4. The van der Waals surface area contributed by atoms with Gasteiger partial charge in [0.25, 0.3) is 0 Å². The van der Waals surface area contributed by atoms with E-state index in [1.54, 1.807) is 4.68 Å². The Labute approximate surface area is 104 Å². The van der Waals surface area contributed by atoms with Crippen molar-refractivity contribution in [2.75, 3.05) is 6.54 Å². The van der Waals surface area contributed by atoms with Crippen molar-refractivity contribution in [1.82, 2.24) is 19.7 Å². The molecule has 1 aliphatic heterocycles. The van der Waals surface area contributed by atoms with Crippen LogP contribution in [0.5, 0.6) is 0 Å². The van der Waals surface area contributed by atoms with Gasteiger partial charge in [-0.1, -0.05) is 0 Å². The van der Waals surface area contributed by atoms with Gasteiger partial charge in [-0.05, 0) is 13.8 Å². The third-order valence-electron chi connectivity index (χ3n) is 3.03. The predicted octanol–water partition coefficient (Wildman–Crippen LogP) is 0.292. The molecule has 1 aromatic rings. The summed E-state index contributed by atoms with van der Waals surface area (Å²) in [7, 11) is 0. The number of amides is 1. The minimum Gasteiger partial charge on any atom is -0.481 e. The van der Waals surface area contributed by atoms with Crippen LogP contribution in [0.15, 0.2) is 6.33 Å². The van der Waals surface area contributed by atoms with E-state index in [1.165, 1.54) is 11.2 Å². The first kappa shape index (κ1) is 12.5. The number of aromatic nitrogens is 3. The van der Waals surface area contributed by atoms with E-state index in [0.29, 0.717) is 12.4 Å². The minimum atomic E-state index is -0.920. The first-order chi connectivity index (χ1) is 8.49. The smallest absolute Gasteiger partial charge is 0.308 e. The lowest BCUT2D eigenvalue weighted by Crippen LogP contribution is -2.27. The number of carbonyl (C=O) groups excluding carboxylic acids is 1. The van der Waals surface area contributed by atoms with E-state index in [4.69, 9.17) is 5.11 Å². The Kier molecular flexibility index (Phi) is 3.31. The van der Waals surface area contributed by atoms with E-state index in [1.807, 2.05) is 13.8 Å². The number of rotatable bonds is 4. The predicted molar refractivity (Wildman–Crippen MR) is 61.6 cm³/mol. The molecule has 0 aliphatic carbocycles. The van der Waals surface area contributed by atoms with E-state index in [2.05, 4.69) is 10.1 Å². The first-order valence-electron chi connectivity index (χ1n) is 5.88. The van der Waals surface area contributed by atoms with Crippen molar-refractivity contribution in [2.24, 2.45) is 5.92 Å². The Morgan fingerprint density at radius 1 is 1.61 bits per heavy atom. The average molecular weight is 252 g/mol. The highest BCUT2D eigenvalue weighted by Crippen LogP contribution is 2.20. The molecule has 0 bridgehead atoms. The molecule has 1 N–H and O–H groups in total. The molecular formula is C11H16N4O3. The molecule has 1 atom stereocenters. The van der Waals surface area contributed by atoms with Gasteiger partial charge in [-0.3, -0.25) is 9.59 Å².